The second-order valence-electron chi connectivity index (χ2n) is 6.43. The number of aliphatic hydroxyl groups is 1. The van der Waals surface area contributed by atoms with Crippen LogP contribution in [-0.2, 0) is 0 Å². The second kappa shape index (κ2) is 7.42. The third kappa shape index (κ3) is 3.94. The number of nitrogens with zero attached hydrogens (tertiary/aromatic N) is 1. The molecule has 1 aromatic heterocycles. The van der Waals surface area contributed by atoms with Crippen LogP contribution in [0.25, 0.3) is 0 Å². The van der Waals surface area contributed by atoms with Gasteiger partial charge in [0.25, 0.3) is 5.91 Å². The van der Waals surface area contributed by atoms with Crippen molar-refractivity contribution in [2.75, 3.05) is 7.11 Å². The molecule has 0 bridgehead atoms. The number of benzene rings is 1. The largest absolute Gasteiger partial charge is 0.481 e. The third-order valence-electron chi connectivity index (χ3n) is 4.67. The number of aryl methyl sites for hydroxylation is 1. The van der Waals surface area contributed by atoms with Crippen molar-refractivity contribution in [2.24, 2.45) is 5.92 Å². The highest BCUT2D eigenvalue weighted by Crippen LogP contribution is 2.38. The van der Waals surface area contributed by atoms with Crippen LogP contribution >= 0.6 is 11.6 Å². The van der Waals surface area contributed by atoms with E-state index in [2.05, 4.69) is 10.3 Å². The molecule has 1 aliphatic rings. The minimum absolute atomic E-state index is 0.176. The lowest BCUT2D eigenvalue weighted by molar-refractivity contribution is 0.0234. The van der Waals surface area contributed by atoms with E-state index >= 15 is 0 Å². The van der Waals surface area contributed by atoms with Crippen LogP contribution in [0.4, 0.5) is 0 Å². The Balaban J connectivity index is 1.81. The fourth-order valence-corrected chi connectivity index (χ4v) is 3.21. The summed E-state index contributed by atoms with van der Waals surface area (Å²) in [5.74, 6) is 0.506. The maximum Gasteiger partial charge on any atom is 0.251 e. The first kappa shape index (κ1) is 17.7. The molecule has 1 saturated carbocycles. The molecule has 1 unspecified atom stereocenters. The van der Waals surface area contributed by atoms with Crippen LogP contribution in [0.1, 0.15) is 40.4 Å². The quantitative estimate of drug-likeness (QED) is 0.858. The molecule has 2 N–H and O–H groups in total. The van der Waals surface area contributed by atoms with E-state index in [0.717, 1.165) is 11.1 Å². The zero-order valence-electron chi connectivity index (χ0n) is 14.2. The Bertz CT molecular complexity index is 758. The second-order valence-corrected chi connectivity index (χ2v) is 6.84. The Morgan fingerprint density at radius 1 is 1.36 bits per heavy atom. The number of rotatable bonds is 5. The summed E-state index contributed by atoms with van der Waals surface area (Å²) in [5.41, 5.74) is 2.34. The first-order valence-corrected chi connectivity index (χ1v) is 8.60. The molecule has 2 aromatic rings. The predicted octanol–water partition coefficient (Wildman–Crippen LogP) is 3.29. The average Bonchev–Trinajstić information content (AvgIpc) is 2.59. The normalized spacial score (nSPS) is 20.5. The van der Waals surface area contributed by atoms with E-state index in [-0.39, 0.29) is 24.0 Å². The minimum atomic E-state index is -0.301. The van der Waals surface area contributed by atoms with Gasteiger partial charge in [0.1, 0.15) is 0 Å². The maximum absolute atomic E-state index is 12.7. The van der Waals surface area contributed by atoms with E-state index in [1.807, 2.05) is 19.1 Å². The lowest BCUT2D eigenvalue weighted by atomic mass is 9.75. The van der Waals surface area contributed by atoms with Gasteiger partial charge in [0, 0.05) is 22.8 Å². The number of carbonyl (C=O) groups excluding carboxylic acids is 1. The number of nitrogens with one attached hydrogen (secondary N) is 1. The molecule has 0 saturated heterocycles. The molecule has 0 spiro atoms. The summed E-state index contributed by atoms with van der Waals surface area (Å²) in [6, 6.07) is 8.71. The standard InChI is InChI=1S/C19H21ClN2O3/c1-11-3-4-12(9-16(11)20)19(24)22-18(14-7-15(23)8-14)13-5-6-17(25-2)21-10-13/h3-6,9-10,14-15,18,23H,7-8H2,1-2H3,(H,22,24). The van der Waals surface area contributed by atoms with Crippen molar-refractivity contribution >= 4 is 17.5 Å². The first-order chi connectivity index (χ1) is 12.0. The molecule has 1 amide bonds. The Morgan fingerprint density at radius 3 is 2.68 bits per heavy atom. The molecule has 6 heteroatoms. The summed E-state index contributed by atoms with van der Waals surface area (Å²) in [7, 11) is 1.56. The number of ether oxygens (including phenoxy) is 1. The monoisotopic (exact) mass is 360 g/mol. The molecule has 0 aliphatic heterocycles. The lowest BCUT2D eigenvalue weighted by Crippen LogP contribution is -2.41. The van der Waals surface area contributed by atoms with E-state index in [9.17, 15) is 9.90 Å². The van der Waals surface area contributed by atoms with Gasteiger partial charge in [-0.2, -0.15) is 0 Å². The fourth-order valence-electron chi connectivity index (χ4n) is 3.03. The Hall–Kier alpha value is -2.11. The van der Waals surface area contributed by atoms with Gasteiger partial charge in [-0.1, -0.05) is 23.7 Å². The van der Waals surface area contributed by atoms with Gasteiger partial charge in [0.15, 0.2) is 0 Å². The van der Waals surface area contributed by atoms with Crippen molar-refractivity contribution in [3.8, 4) is 5.88 Å². The van der Waals surface area contributed by atoms with Gasteiger partial charge in [-0.05, 0) is 48.9 Å². The number of aliphatic hydroxyl groups excluding tert-OH is 1. The van der Waals surface area contributed by atoms with Crippen LogP contribution in [0, 0.1) is 12.8 Å². The van der Waals surface area contributed by atoms with Crippen LogP contribution in [0.15, 0.2) is 36.5 Å². The molecule has 1 heterocycles. The van der Waals surface area contributed by atoms with Gasteiger partial charge >= 0.3 is 0 Å². The topological polar surface area (TPSA) is 71.5 Å². The summed E-state index contributed by atoms with van der Waals surface area (Å²) in [4.78, 5) is 16.9. The Kier molecular flexibility index (Phi) is 5.25. The Morgan fingerprint density at radius 2 is 2.12 bits per heavy atom. The predicted molar refractivity (Wildman–Crippen MR) is 95.9 cm³/mol. The van der Waals surface area contributed by atoms with Crippen LogP contribution < -0.4 is 10.1 Å². The van der Waals surface area contributed by atoms with Crippen molar-refractivity contribution in [1.29, 1.82) is 0 Å². The van der Waals surface area contributed by atoms with Crippen LogP contribution in [0.3, 0.4) is 0 Å². The average molecular weight is 361 g/mol. The van der Waals surface area contributed by atoms with E-state index in [1.54, 1.807) is 31.5 Å². The van der Waals surface area contributed by atoms with Crippen molar-refractivity contribution in [3.63, 3.8) is 0 Å². The number of carbonyl (C=O) groups is 1. The molecular formula is C19H21ClN2O3. The summed E-state index contributed by atoms with van der Waals surface area (Å²) < 4.78 is 5.09. The molecule has 0 radical (unpaired) electrons. The van der Waals surface area contributed by atoms with Crippen molar-refractivity contribution < 1.29 is 14.6 Å². The first-order valence-electron chi connectivity index (χ1n) is 8.23. The number of amides is 1. The number of halogens is 1. The molecule has 1 atom stereocenters. The van der Waals surface area contributed by atoms with E-state index in [4.69, 9.17) is 16.3 Å². The maximum atomic E-state index is 12.7. The fraction of sp³-hybridized carbons (Fsp3) is 0.368. The van der Waals surface area contributed by atoms with Gasteiger partial charge < -0.3 is 15.2 Å². The highest BCUT2D eigenvalue weighted by atomic mass is 35.5. The van der Waals surface area contributed by atoms with Crippen molar-refractivity contribution in [1.82, 2.24) is 10.3 Å². The van der Waals surface area contributed by atoms with Gasteiger partial charge in [-0.25, -0.2) is 4.98 Å². The molecule has 1 fully saturated rings. The van der Waals surface area contributed by atoms with Crippen molar-refractivity contribution in [3.05, 3.63) is 58.2 Å². The zero-order chi connectivity index (χ0) is 18.0. The molecule has 1 aromatic carbocycles. The number of methoxy groups -OCH3 is 1. The number of hydrogen-bond donors (Lipinski definition) is 2. The lowest BCUT2D eigenvalue weighted by Gasteiger charge is -2.38. The van der Waals surface area contributed by atoms with Gasteiger partial charge in [0.2, 0.25) is 5.88 Å². The Labute approximate surface area is 152 Å². The molecule has 1 aliphatic carbocycles. The summed E-state index contributed by atoms with van der Waals surface area (Å²) in [6.45, 7) is 1.89. The van der Waals surface area contributed by atoms with E-state index in [1.165, 1.54) is 0 Å². The molecule has 25 heavy (non-hydrogen) atoms. The van der Waals surface area contributed by atoms with Crippen LogP contribution in [0.5, 0.6) is 5.88 Å². The molecule has 132 valence electrons. The highest BCUT2D eigenvalue weighted by molar-refractivity contribution is 6.31. The van der Waals surface area contributed by atoms with E-state index < -0.39 is 0 Å². The summed E-state index contributed by atoms with van der Waals surface area (Å²) in [6.07, 6.45) is 2.72. The highest BCUT2D eigenvalue weighted by Gasteiger charge is 2.36. The molecular weight excluding hydrogens is 340 g/mol. The molecule has 5 nitrogen and oxygen atoms in total. The van der Waals surface area contributed by atoms with Gasteiger partial charge in [0.05, 0.1) is 19.3 Å². The number of hydrogen-bond acceptors (Lipinski definition) is 4. The smallest absolute Gasteiger partial charge is 0.251 e. The third-order valence-corrected chi connectivity index (χ3v) is 5.08. The van der Waals surface area contributed by atoms with E-state index in [0.29, 0.717) is 29.3 Å². The van der Waals surface area contributed by atoms with Gasteiger partial charge in [-0.3, -0.25) is 4.79 Å². The summed E-state index contributed by atoms with van der Waals surface area (Å²) >= 11 is 6.13. The minimum Gasteiger partial charge on any atom is -0.481 e. The van der Waals surface area contributed by atoms with Gasteiger partial charge in [-0.15, -0.1) is 0 Å². The SMILES string of the molecule is COc1ccc(C(NC(=O)c2ccc(C)c(Cl)c2)C2CC(O)C2)cn1. The molecule has 3 rings (SSSR count). The zero-order valence-corrected chi connectivity index (χ0v) is 15.0. The van der Waals surface area contributed by atoms with Crippen molar-refractivity contribution in [2.45, 2.75) is 31.9 Å². The van der Waals surface area contributed by atoms with Crippen LogP contribution in [-0.4, -0.2) is 29.2 Å². The number of pyridine rings is 1. The summed E-state index contributed by atoms with van der Waals surface area (Å²) in [5, 5.41) is 13.3. The number of aromatic nitrogens is 1. The van der Waals surface area contributed by atoms with Crippen LogP contribution in [0.2, 0.25) is 5.02 Å².